The molecule has 0 bridgehead atoms. The molecule has 0 radical (unpaired) electrons. The summed E-state index contributed by atoms with van der Waals surface area (Å²) in [5.74, 6) is 1.19. The van der Waals surface area contributed by atoms with E-state index in [2.05, 4.69) is 25.2 Å². The summed E-state index contributed by atoms with van der Waals surface area (Å²) in [4.78, 5) is 1.48. The molecule has 0 aromatic carbocycles. The number of rotatable bonds is 0. The second kappa shape index (κ2) is 1.77. The highest BCUT2D eigenvalue weighted by Crippen LogP contribution is 2.37. The van der Waals surface area contributed by atoms with Crippen molar-refractivity contribution in [1.82, 2.24) is 0 Å². The van der Waals surface area contributed by atoms with Gasteiger partial charge in [-0.15, -0.1) is 11.8 Å². The molecular weight excluding hydrogens is 128 g/mol. The number of allylic oxidation sites excluding steroid dienone is 5. The van der Waals surface area contributed by atoms with Crippen molar-refractivity contribution in [2.75, 3.05) is 5.75 Å². The van der Waals surface area contributed by atoms with Crippen molar-refractivity contribution < 1.29 is 0 Å². The zero-order valence-corrected chi connectivity index (χ0v) is 6.16. The van der Waals surface area contributed by atoms with Crippen molar-refractivity contribution in [2.24, 2.45) is 0 Å². The second-order valence-corrected chi connectivity index (χ2v) is 3.50. The Bertz CT molecular complexity index is 231. The first kappa shape index (κ1) is 5.36. The van der Waals surface area contributed by atoms with Crippen molar-refractivity contribution in [3.8, 4) is 0 Å². The van der Waals surface area contributed by atoms with Gasteiger partial charge in [-0.05, 0) is 23.0 Å². The molecule has 0 aromatic heterocycles. The Balaban J connectivity index is 2.52. The summed E-state index contributed by atoms with van der Waals surface area (Å²) in [5, 5.41) is 0. The summed E-state index contributed by atoms with van der Waals surface area (Å²) in [6, 6.07) is 0. The minimum Gasteiger partial charge on any atom is -0.125 e. The van der Waals surface area contributed by atoms with E-state index in [0.29, 0.717) is 0 Å². The standard InChI is InChI=1S/C8H8S/c1-6-8-4-2-3-7(8)5-9-6/h2-4H,5H2,1H3. The van der Waals surface area contributed by atoms with Crippen LogP contribution in [0.15, 0.2) is 34.3 Å². The SMILES string of the molecule is CC1=C2C=CC=C2CS1. The van der Waals surface area contributed by atoms with Crippen molar-refractivity contribution in [2.45, 2.75) is 6.92 Å². The first-order chi connectivity index (χ1) is 4.38. The summed E-state index contributed by atoms with van der Waals surface area (Å²) < 4.78 is 0. The summed E-state index contributed by atoms with van der Waals surface area (Å²) in [6.07, 6.45) is 6.54. The number of hydrogen-bond acceptors (Lipinski definition) is 1. The van der Waals surface area contributed by atoms with E-state index in [1.54, 1.807) is 0 Å². The summed E-state index contributed by atoms with van der Waals surface area (Å²) in [5.41, 5.74) is 2.98. The van der Waals surface area contributed by atoms with E-state index in [4.69, 9.17) is 0 Å². The molecule has 1 aliphatic carbocycles. The van der Waals surface area contributed by atoms with Crippen LogP contribution in [0.25, 0.3) is 0 Å². The van der Waals surface area contributed by atoms with E-state index >= 15 is 0 Å². The molecule has 0 fully saturated rings. The Morgan fingerprint density at radius 3 is 3.22 bits per heavy atom. The molecule has 0 atom stereocenters. The average molecular weight is 136 g/mol. The zero-order valence-electron chi connectivity index (χ0n) is 5.35. The van der Waals surface area contributed by atoms with Gasteiger partial charge in [-0.3, -0.25) is 0 Å². The van der Waals surface area contributed by atoms with Gasteiger partial charge in [0.15, 0.2) is 0 Å². The van der Waals surface area contributed by atoms with Crippen LogP contribution in [-0.4, -0.2) is 5.75 Å². The van der Waals surface area contributed by atoms with Gasteiger partial charge in [0, 0.05) is 5.75 Å². The highest BCUT2D eigenvalue weighted by atomic mass is 32.2. The van der Waals surface area contributed by atoms with Crippen LogP contribution in [-0.2, 0) is 0 Å². The third-order valence-electron chi connectivity index (χ3n) is 1.73. The molecule has 9 heavy (non-hydrogen) atoms. The monoisotopic (exact) mass is 136 g/mol. The molecule has 0 saturated carbocycles. The topological polar surface area (TPSA) is 0 Å². The van der Waals surface area contributed by atoms with E-state index in [-0.39, 0.29) is 0 Å². The second-order valence-electron chi connectivity index (χ2n) is 2.31. The molecule has 1 heteroatoms. The van der Waals surface area contributed by atoms with Crippen molar-refractivity contribution in [1.29, 1.82) is 0 Å². The average Bonchev–Trinajstić information content (AvgIpc) is 2.35. The van der Waals surface area contributed by atoms with E-state index in [9.17, 15) is 0 Å². The molecule has 0 unspecified atom stereocenters. The molecular formula is C8H8S. The Morgan fingerprint density at radius 1 is 1.56 bits per heavy atom. The van der Waals surface area contributed by atoms with E-state index in [1.165, 1.54) is 21.8 Å². The van der Waals surface area contributed by atoms with Gasteiger partial charge in [0.05, 0.1) is 0 Å². The summed E-state index contributed by atoms with van der Waals surface area (Å²) in [7, 11) is 0. The van der Waals surface area contributed by atoms with Crippen LogP contribution in [0.1, 0.15) is 6.92 Å². The predicted octanol–water partition coefficient (Wildman–Crippen LogP) is 2.50. The van der Waals surface area contributed by atoms with Crippen molar-refractivity contribution >= 4 is 11.8 Å². The van der Waals surface area contributed by atoms with E-state index in [0.717, 1.165) is 0 Å². The highest BCUT2D eigenvalue weighted by Gasteiger charge is 2.16. The van der Waals surface area contributed by atoms with Crippen molar-refractivity contribution in [3.05, 3.63) is 34.3 Å². The minimum absolute atomic E-state index is 1.19. The fourth-order valence-electron chi connectivity index (χ4n) is 1.19. The highest BCUT2D eigenvalue weighted by molar-refractivity contribution is 8.03. The molecule has 0 N–H and O–H groups in total. The summed E-state index contributed by atoms with van der Waals surface area (Å²) in [6.45, 7) is 2.19. The van der Waals surface area contributed by atoms with Crippen LogP contribution in [0.3, 0.4) is 0 Å². The van der Waals surface area contributed by atoms with Crippen molar-refractivity contribution in [3.63, 3.8) is 0 Å². The first-order valence-corrected chi connectivity index (χ1v) is 4.08. The molecule has 0 amide bonds. The molecule has 2 aliphatic rings. The van der Waals surface area contributed by atoms with Gasteiger partial charge < -0.3 is 0 Å². The smallest absolute Gasteiger partial charge is 0.0235 e. The Morgan fingerprint density at radius 2 is 2.44 bits per heavy atom. The number of fused-ring (bicyclic) bond motifs is 1. The van der Waals surface area contributed by atoms with Crippen LogP contribution >= 0.6 is 11.8 Å². The quantitative estimate of drug-likeness (QED) is 0.493. The van der Waals surface area contributed by atoms with E-state index in [1.807, 2.05) is 11.8 Å². The molecule has 46 valence electrons. The predicted molar refractivity (Wildman–Crippen MR) is 42.4 cm³/mol. The van der Waals surface area contributed by atoms with Crippen LogP contribution in [0.2, 0.25) is 0 Å². The number of hydrogen-bond donors (Lipinski definition) is 0. The normalized spacial score (nSPS) is 23.0. The maximum absolute atomic E-state index is 2.21. The van der Waals surface area contributed by atoms with Gasteiger partial charge in [-0.25, -0.2) is 0 Å². The molecule has 1 aliphatic heterocycles. The zero-order chi connectivity index (χ0) is 6.27. The number of thioether (sulfide) groups is 1. The lowest BCUT2D eigenvalue weighted by molar-refractivity contribution is 1.50. The van der Waals surface area contributed by atoms with E-state index < -0.39 is 0 Å². The molecule has 2 rings (SSSR count). The lowest BCUT2D eigenvalue weighted by Gasteiger charge is -1.88. The lowest BCUT2D eigenvalue weighted by atomic mass is 10.2. The lowest BCUT2D eigenvalue weighted by Crippen LogP contribution is -1.75. The molecule has 1 heterocycles. The first-order valence-electron chi connectivity index (χ1n) is 3.09. The fraction of sp³-hybridized carbons (Fsp3) is 0.250. The van der Waals surface area contributed by atoms with Gasteiger partial charge in [0.2, 0.25) is 0 Å². The Labute approximate surface area is 59.3 Å². The van der Waals surface area contributed by atoms with Crippen LogP contribution in [0.4, 0.5) is 0 Å². The van der Waals surface area contributed by atoms with Crippen LogP contribution in [0.5, 0.6) is 0 Å². The minimum atomic E-state index is 1.19. The molecule has 0 spiro atoms. The van der Waals surface area contributed by atoms with Gasteiger partial charge in [0.25, 0.3) is 0 Å². The van der Waals surface area contributed by atoms with Gasteiger partial charge in [-0.2, -0.15) is 0 Å². The van der Waals surface area contributed by atoms with Gasteiger partial charge in [-0.1, -0.05) is 18.2 Å². The third kappa shape index (κ3) is 0.681. The molecule has 0 saturated heterocycles. The largest absolute Gasteiger partial charge is 0.125 e. The maximum atomic E-state index is 2.21. The maximum Gasteiger partial charge on any atom is 0.0235 e. The fourth-order valence-corrected chi connectivity index (χ4v) is 2.17. The Kier molecular flexibility index (Phi) is 1.06. The molecule has 0 nitrogen and oxygen atoms in total. The summed E-state index contributed by atoms with van der Waals surface area (Å²) >= 11 is 1.95. The van der Waals surface area contributed by atoms with Crippen LogP contribution < -0.4 is 0 Å². The van der Waals surface area contributed by atoms with Gasteiger partial charge >= 0.3 is 0 Å². The third-order valence-corrected chi connectivity index (χ3v) is 2.84. The Hall–Kier alpha value is -0.430. The molecule has 0 aromatic rings. The van der Waals surface area contributed by atoms with Gasteiger partial charge in [0.1, 0.15) is 0 Å². The van der Waals surface area contributed by atoms with Crippen LogP contribution in [0, 0.1) is 0 Å².